The lowest BCUT2D eigenvalue weighted by atomic mass is 10.2. The number of aliphatic carboxylic acids is 1. The standard InChI is InChI=1S/C16H14ClNO4/c17-13-8-4-5-9-14(13)18(10-15(19)20)16(21)22-11-12-6-2-1-3-7-12/h1-9H,10-11H2,(H,19,20). The number of carboxylic acids is 1. The molecule has 114 valence electrons. The fourth-order valence-electron chi connectivity index (χ4n) is 1.85. The number of hydrogen-bond donors (Lipinski definition) is 1. The molecule has 0 unspecified atom stereocenters. The van der Waals surface area contributed by atoms with Gasteiger partial charge in [0, 0.05) is 0 Å². The van der Waals surface area contributed by atoms with Gasteiger partial charge in [-0.2, -0.15) is 0 Å². The Bertz CT molecular complexity index is 660. The van der Waals surface area contributed by atoms with Gasteiger partial charge in [-0.1, -0.05) is 54.1 Å². The summed E-state index contributed by atoms with van der Waals surface area (Å²) in [7, 11) is 0. The summed E-state index contributed by atoms with van der Waals surface area (Å²) in [5.41, 5.74) is 1.11. The number of carboxylic acid groups (broad SMARTS) is 1. The van der Waals surface area contributed by atoms with Crippen LogP contribution in [-0.4, -0.2) is 23.7 Å². The molecule has 0 aliphatic carbocycles. The highest BCUT2D eigenvalue weighted by molar-refractivity contribution is 6.33. The summed E-state index contributed by atoms with van der Waals surface area (Å²) in [6.45, 7) is -0.475. The van der Waals surface area contributed by atoms with E-state index in [2.05, 4.69) is 0 Å². The number of para-hydroxylation sites is 1. The molecule has 1 amide bonds. The van der Waals surface area contributed by atoms with Crippen molar-refractivity contribution in [3.8, 4) is 0 Å². The molecule has 0 fully saturated rings. The molecule has 0 heterocycles. The third-order valence-corrected chi connectivity index (χ3v) is 3.18. The molecule has 2 rings (SSSR count). The van der Waals surface area contributed by atoms with Crippen LogP contribution in [0.15, 0.2) is 54.6 Å². The fourth-order valence-corrected chi connectivity index (χ4v) is 2.09. The monoisotopic (exact) mass is 319 g/mol. The van der Waals surface area contributed by atoms with Crippen molar-refractivity contribution < 1.29 is 19.4 Å². The van der Waals surface area contributed by atoms with Crippen molar-refractivity contribution in [1.82, 2.24) is 0 Å². The summed E-state index contributed by atoms with van der Waals surface area (Å²) in [6, 6.07) is 15.6. The predicted octanol–water partition coefficient (Wildman–Crippen LogP) is 3.57. The second-order valence-corrected chi connectivity index (χ2v) is 4.88. The average molecular weight is 320 g/mol. The van der Waals surface area contributed by atoms with Gasteiger partial charge in [0.1, 0.15) is 13.2 Å². The molecule has 2 aromatic rings. The first kappa shape index (κ1) is 15.9. The van der Waals surface area contributed by atoms with E-state index in [1.165, 1.54) is 0 Å². The molecule has 5 nitrogen and oxygen atoms in total. The molecule has 0 aliphatic rings. The van der Waals surface area contributed by atoms with Gasteiger partial charge in [0.05, 0.1) is 10.7 Å². The van der Waals surface area contributed by atoms with E-state index in [4.69, 9.17) is 21.4 Å². The molecule has 22 heavy (non-hydrogen) atoms. The highest BCUT2D eigenvalue weighted by Gasteiger charge is 2.22. The van der Waals surface area contributed by atoms with E-state index >= 15 is 0 Å². The number of anilines is 1. The molecule has 1 N–H and O–H groups in total. The van der Waals surface area contributed by atoms with Crippen molar-refractivity contribution in [1.29, 1.82) is 0 Å². The van der Waals surface area contributed by atoms with Crippen molar-refractivity contribution in [2.75, 3.05) is 11.4 Å². The largest absolute Gasteiger partial charge is 0.480 e. The van der Waals surface area contributed by atoms with E-state index < -0.39 is 18.6 Å². The van der Waals surface area contributed by atoms with Gasteiger partial charge in [0.15, 0.2) is 0 Å². The third-order valence-electron chi connectivity index (χ3n) is 2.86. The van der Waals surface area contributed by atoms with Gasteiger partial charge >= 0.3 is 12.1 Å². The average Bonchev–Trinajstić information content (AvgIpc) is 2.52. The van der Waals surface area contributed by atoms with Gasteiger partial charge in [-0.05, 0) is 17.7 Å². The molecular formula is C16H14ClNO4. The van der Waals surface area contributed by atoms with Crippen molar-refractivity contribution in [2.45, 2.75) is 6.61 Å². The summed E-state index contributed by atoms with van der Waals surface area (Å²) < 4.78 is 5.17. The minimum atomic E-state index is -1.16. The van der Waals surface area contributed by atoms with Crippen molar-refractivity contribution in [3.63, 3.8) is 0 Å². The number of nitrogens with zero attached hydrogens (tertiary/aromatic N) is 1. The van der Waals surface area contributed by atoms with Crippen LogP contribution in [0, 0.1) is 0 Å². The summed E-state index contributed by atoms with van der Waals surface area (Å²) >= 11 is 6.02. The number of halogens is 1. The zero-order valence-electron chi connectivity index (χ0n) is 11.6. The number of ether oxygens (including phenoxy) is 1. The smallest absolute Gasteiger partial charge is 0.415 e. The molecule has 0 spiro atoms. The second kappa shape index (κ2) is 7.47. The Morgan fingerprint density at radius 2 is 1.68 bits per heavy atom. The Hall–Kier alpha value is -2.53. The molecule has 0 aliphatic heterocycles. The van der Waals surface area contributed by atoms with E-state index in [0.29, 0.717) is 5.69 Å². The quantitative estimate of drug-likeness (QED) is 0.915. The maximum atomic E-state index is 12.2. The lowest BCUT2D eigenvalue weighted by Crippen LogP contribution is -2.36. The summed E-state index contributed by atoms with van der Waals surface area (Å²) in [4.78, 5) is 24.2. The van der Waals surface area contributed by atoms with Gasteiger partial charge < -0.3 is 9.84 Å². The van der Waals surface area contributed by atoms with Crippen molar-refractivity contribution in [3.05, 3.63) is 65.2 Å². The lowest BCUT2D eigenvalue weighted by molar-refractivity contribution is -0.135. The maximum Gasteiger partial charge on any atom is 0.415 e. The molecule has 0 bridgehead atoms. The Morgan fingerprint density at radius 1 is 1.05 bits per heavy atom. The van der Waals surface area contributed by atoms with E-state index in [0.717, 1.165) is 10.5 Å². The zero-order chi connectivity index (χ0) is 15.9. The number of hydrogen-bond acceptors (Lipinski definition) is 3. The molecular weight excluding hydrogens is 306 g/mol. The van der Waals surface area contributed by atoms with E-state index in [1.807, 2.05) is 30.3 Å². The third kappa shape index (κ3) is 4.23. The normalized spacial score (nSPS) is 10.0. The SMILES string of the molecule is O=C(O)CN(C(=O)OCc1ccccc1)c1ccccc1Cl. The maximum absolute atomic E-state index is 12.2. The molecule has 2 aromatic carbocycles. The first-order valence-corrected chi connectivity index (χ1v) is 6.90. The number of carbonyl (C=O) groups excluding carboxylic acids is 1. The van der Waals surface area contributed by atoms with Gasteiger partial charge in [-0.25, -0.2) is 4.79 Å². The number of carbonyl (C=O) groups is 2. The molecule has 0 saturated carbocycles. The summed E-state index contributed by atoms with van der Waals surface area (Å²) in [5.74, 6) is -1.16. The molecule has 6 heteroatoms. The minimum absolute atomic E-state index is 0.0558. The van der Waals surface area contributed by atoms with Crippen LogP contribution in [0.5, 0.6) is 0 Å². The Balaban J connectivity index is 2.13. The zero-order valence-corrected chi connectivity index (χ0v) is 12.4. The van der Waals surface area contributed by atoms with Crippen LogP contribution in [-0.2, 0) is 16.1 Å². The van der Waals surface area contributed by atoms with Crippen LogP contribution in [0.25, 0.3) is 0 Å². The van der Waals surface area contributed by atoms with E-state index in [1.54, 1.807) is 24.3 Å². The Kier molecular flexibility index (Phi) is 5.38. The number of benzene rings is 2. The summed E-state index contributed by atoms with van der Waals surface area (Å²) in [6.07, 6.45) is -0.764. The van der Waals surface area contributed by atoms with Crippen LogP contribution in [0.3, 0.4) is 0 Å². The molecule has 0 atom stereocenters. The lowest BCUT2D eigenvalue weighted by Gasteiger charge is -2.21. The van der Waals surface area contributed by atoms with Gasteiger partial charge in [0.25, 0.3) is 0 Å². The van der Waals surface area contributed by atoms with Gasteiger partial charge in [-0.3, -0.25) is 9.69 Å². The Labute approximate surface area is 132 Å². The van der Waals surface area contributed by atoms with Crippen LogP contribution < -0.4 is 4.90 Å². The predicted molar refractivity (Wildman–Crippen MR) is 83.1 cm³/mol. The highest BCUT2D eigenvalue weighted by atomic mass is 35.5. The topological polar surface area (TPSA) is 66.8 Å². The second-order valence-electron chi connectivity index (χ2n) is 4.47. The van der Waals surface area contributed by atoms with Crippen LogP contribution in [0.4, 0.5) is 10.5 Å². The van der Waals surface area contributed by atoms with E-state index in [-0.39, 0.29) is 11.6 Å². The highest BCUT2D eigenvalue weighted by Crippen LogP contribution is 2.25. The first-order chi connectivity index (χ1) is 10.6. The van der Waals surface area contributed by atoms with Crippen LogP contribution in [0.1, 0.15) is 5.56 Å². The van der Waals surface area contributed by atoms with Gasteiger partial charge in [-0.15, -0.1) is 0 Å². The van der Waals surface area contributed by atoms with Gasteiger partial charge in [0.2, 0.25) is 0 Å². The minimum Gasteiger partial charge on any atom is -0.480 e. The molecule has 0 aromatic heterocycles. The Morgan fingerprint density at radius 3 is 2.32 bits per heavy atom. The first-order valence-electron chi connectivity index (χ1n) is 6.52. The van der Waals surface area contributed by atoms with Crippen LogP contribution >= 0.6 is 11.6 Å². The van der Waals surface area contributed by atoms with E-state index in [9.17, 15) is 9.59 Å². The van der Waals surface area contributed by atoms with Crippen LogP contribution in [0.2, 0.25) is 5.02 Å². The van der Waals surface area contributed by atoms with Crippen molar-refractivity contribution >= 4 is 29.4 Å². The molecule has 0 saturated heterocycles. The summed E-state index contributed by atoms with van der Waals surface area (Å²) in [5, 5.41) is 9.26. The number of amides is 1. The fraction of sp³-hybridized carbons (Fsp3) is 0.125. The number of rotatable bonds is 5. The molecule has 0 radical (unpaired) electrons. The van der Waals surface area contributed by atoms with Crippen molar-refractivity contribution in [2.24, 2.45) is 0 Å².